The van der Waals surface area contributed by atoms with Gasteiger partial charge in [-0.1, -0.05) is 0 Å². The van der Waals surface area contributed by atoms with Gasteiger partial charge in [0.25, 0.3) is 0 Å². The number of hydrogen-bond donors (Lipinski definition) is 2. The number of nitrogens with two attached hydrogens (primary N) is 1. The quantitative estimate of drug-likeness (QED) is 0.444. The highest BCUT2D eigenvalue weighted by atomic mass is 127. The minimum absolute atomic E-state index is 0.137. The van der Waals surface area contributed by atoms with Gasteiger partial charge < -0.3 is 11.1 Å². The maximum Gasteiger partial charge on any atom is 0.318 e. The van der Waals surface area contributed by atoms with Crippen LogP contribution in [0.25, 0.3) is 0 Å². The molecule has 0 bridgehead atoms. The lowest BCUT2D eigenvalue weighted by Gasteiger charge is -2.15. The third-order valence-corrected chi connectivity index (χ3v) is 3.29. The third kappa shape index (κ3) is 4.57. The van der Waals surface area contributed by atoms with Gasteiger partial charge in [0.2, 0.25) is 6.41 Å². The second kappa shape index (κ2) is 7.95. The van der Waals surface area contributed by atoms with Gasteiger partial charge in [-0.15, -0.1) is 0 Å². The zero-order chi connectivity index (χ0) is 15.1. The Bertz CT molecular complexity index is 520. The van der Waals surface area contributed by atoms with Gasteiger partial charge in [0.05, 0.1) is 0 Å². The lowest BCUT2D eigenvalue weighted by Crippen LogP contribution is -2.40. The first kappa shape index (κ1) is 16.6. The van der Waals surface area contributed by atoms with Crippen LogP contribution in [0.4, 0.5) is 5.69 Å². The minimum Gasteiger partial charge on any atom is -0.330 e. The zero-order valence-electron chi connectivity index (χ0n) is 11.1. The van der Waals surface area contributed by atoms with Gasteiger partial charge >= 0.3 is 11.8 Å². The molecule has 0 aliphatic heterocycles. The molecule has 7 heteroatoms. The van der Waals surface area contributed by atoms with E-state index in [9.17, 15) is 14.4 Å². The van der Waals surface area contributed by atoms with E-state index in [1.807, 2.05) is 19.1 Å². The molecule has 3 amide bonds. The Hall–Kier alpha value is -1.48. The molecular weight excluding hydrogens is 373 g/mol. The van der Waals surface area contributed by atoms with Gasteiger partial charge in [0.1, 0.15) is 0 Å². The van der Waals surface area contributed by atoms with Crippen LogP contribution in [0.15, 0.2) is 18.2 Å². The van der Waals surface area contributed by atoms with E-state index in [-0.39, 0.29) is 6.54 Å². The predicted molar refractivity (Wildman–Crippen MR) is 84.0 cm³/mol. The van der Waals surface area contributed by atoms with Crippen LogP contribution in [-0.2, 0) is 14.4 Å². The fraction of sp³-hybridized carbons (Fsp3) is 0.308. The molecule has 0 aliphatic rings. The van der Waals surface area contributed by atoms with Crippen LogP contribution in [0.3, 0.4) is 0 Å². The molecular formula is C13H16IN3O3. The van der Waals surface area contributed by atoms with Crippen molar-refractivity contribution in [3.8, 4) is 0 Å². The second-order valence-corrected chi connectivity index (χ2v) is 5.41. The maximum atomic E-state index is 11.8. The summed E-state index contributed by atoms with van der Waals surface area (Å²) in [6.07, 6.45) is 0.804. The summed E-state index contributed by atoms with van der Waals surface area (Å²) >= 11 is 2.15. The minimum atomic E-state index is -0.883. The Morgan fingerprint density at radius 3 is 2.70 bits per heavy atom. The van der Waals surface area contributed by atoms with Gasteiger partial charge in [-0.2, -0.15) is 0 Å². The number of aryl methyl sites for hydroxylation is 1. The van der Waals surface area contributed by atoms with E-state index < -0.39 is 11.8 Å². The number of rotatable bonds is 5. The van der Waals surface area contributed by atoms with Crippen LogP contribution in [-0.4, -0.2) is 36.2 Å². The number of halogens is 1. The number of carbonyl (C=O) groups excluding carboxylic acids is 3. The molecule has 1 aromatic carbocycles. The van der Waals surface area contributed by atoms with Crippen LogP contribution in [0.2, 0.25) is 0 Å². The first-order chi connectivity index (χ1) is 9.49. The number of nitrogens with one attached hydrogen (secondary N) is 1. The van der Waals surface area contributed by atoms with Crippen molar-refractivity contribution >= 4 is 46.5 Å². The normalized spacial score (nSPS) is 9.95. The fourth-order valence-electron chi connectivity index (χ4n) is 1.54. The average molecular weight is 389 g/mol. The van der Waals surface area contributed by atoms with E-state index in [1.165, 1.54) is 0 Å². The average Bonchev–Trinajstić information content (AvgIpc) is 2.42. The molecule has 0 unspecified atom stereocenters. The van der Waals surface area contributed by atoms with Gasteiger partial charge in [-0.3, -0.25) is 19.3 Å². The smallest absolute Gasteiger partial charge is 0.318 e. The van der Waals surface area contributed by atoms with Crippen molar-refractivity contribution in [3.05, 3.63) is 27.3 Å². The fourth-order valence-corrected chi connectivity index (χ4v) is 2.18. The molecule has 0 radical (unpaired) electrons. The lowest BCUT2D eigenvalue weighted by atomic mass is 10.2. The lowest BCUT2D eigenvalue weighted by molar-refractivity contribution is -0.146. The summed E-state index contributed by atoms with van der Waals surface area (Å²) in [6.45, 7) is 2.31. The SMILES string of the molecule is Cc1cc(I)ccc1NC(=O)C(=O)N(C=O)CCCN. The van der Waals surface area contributed by atoms with E-state index in [1.54, 1.807) is 6.07 Å². The number of imide groups is 1. The van der Waals surface area contributed by atoms with Crippen molar-refractivity contribution in [2.24, 2.45) is 5.73 Å². The van der Waals surface area contributed by atoms with Gasteiger partial charge in [0, 0.05) is 15.8 Å². The largest absolute Gasteiger partial charge is 0.330 e. The standard InChI is InChI=1S/C13H16IN3O3/c1-9-7-10(14)3-4-11(9)16-12(19)13(20)17(8-18)6-2-5-15/h3-4,7-8H,2,5-6,15H2,1H3,(H,16,19). The molecule has 0 atom stereocenters. The molecule has 20 heavy (non-hydrogen) atoms. The number of anilines is 1. The molecule has 0 saturated carbocycles. The van der Waals surface area contributed by atoms with Crippen LogP contribution in [0.5, 0.6) is 0 Å². The zero-order valence-corrected chi connectivity index (χ0v) is 13.2. The number of hydrogen-bond acceptors (Lipinski definition) is 4. The van der Waals surface area contributed by atoms with Crippen molar-refractivity contribution < 1.29 is 14.4 Å². The van der Waals surface area contributed by atoms with Gasteiger partial charge in [0.15, 0.2) is 0 Å². The molecule has 3 N–H and O–H groups in total. The first-order valence-corrected chi connectivity index (χ1v) is 7.11. The van der Waals surface area contributed by atoms with Gasteiger partial charge in [-0.05, 0) is 66.2 Å². The monoisotopic (exact) mass is 389 g/mol. The molecule has 0 spiro atoms. The van der Waals surface area contributed by atoms with Crippen molar-refractivity contribution in [3.63, 3.8) is 0 Å². The van der Waals surface area contributed by atoms with Crippen LogP contribution < -0.4 is 11.1 Å². The molecule has 1 aromatic rings. The summed E-state index contributed by atoms with van der Waals surface area (Å²) in [7, 11) is 0. The summed E-state index contributed by atoms with van der Waals surface area (Å²) in [5.74, 6) is -1.72. The van der Waals surface area contributed by atoms with Crippen molar-refractivity contribution in [1.82, 2.24) is 4.90 Å². The molecule has 0 aromatic heterocycles. The first-order valence-electron chi connectivity index (χ1n) is 6.03. The van der Waals surface area contributed by atoms with E-state index in [0.29, 0.717) is 25.1 Å². The molecule has 0 aliphatic carbocycles. The third-order valence-electron chi connectivity index (χ3n) is 2.62. The number of nitrogens with zero attached hydrogens (tertiary/aromatic N) is 1. The van der Waals surface area contributed by atoms with Crippen molar-refractivity contribution in [2.75, 3.05) is 18.4 Å². The van der Waals surface area contributed by atoms with E-state index in [0.717, 1.165) is 14.0 Å². The Morgan fingerprint density at radius 2 is 2.15 bits per heavy atom. The number of amides is 3. The Morgan fingerprint density at radius 1 is 1.45 bits per heavy atom. The topological polar surface area (TPSA) is 92.5 Å². The molecule has 0 heterocycles. The molecule has 0 saturated heterocycles. The van der Waals surface area contributed by atoms with Crippen LogP contribution in [0.1, 0.15) is 12.0 Å². The van der Waals surface area contributed by atoms with E-state index >= 15 is 0 Å². The maximum absolute atomic E-state index is 11.8. The summed E-state index contributed by atoms with van der Waals surface area (Å²) in [5.41, 5.74) is 6.70. The summed E-state index contributed by atoms with van der Waals surface area (Å²) in [5, 5.41) is 2.50. The Balaban J connectivity index is 2.74. The Labute approximate surface area is 130 Å². The molecule has 108 valence electrons. The highest BCUT2D eigenvalue weighted by molar-refractivity contribution is 14.1. The van der Waals surface area contributed by atoms with Gasteiger partial charge in [-0.25, -0.2) is 0 Å². The summed E-state index contributed by atoms with van der Waals surface area (Å²) < 4.78 is 1.03. The number of benzene rings is 1. The van der Waals surface area contributed by atoms with E-state index in [2.05, 4.69) is 27.9 Å². The number of carbonyl (C=O) groups is 3. The highest BCUT2D eigenvalue weighted by Crippen LogP contribution is 2.17. The molecule has 1 rings (SSSR count). The molecule has 6 nitrogen and oxygen atoms in total. The van der Waals surface area contributed by atoms with Crippen LogP contribution in [0, 0.1) is 10.5 Å². The highest BCUT2D eigenvalue weighted by Gasteiger charge is 2.21. The second-order valence-electron chi connectivity index (χ2n) is 4.16. The van der Waals surface area contributed by atoms with Crippen LogP contribution >= 0.6 is 22.6 Å². The summed E-state index contributed by atoms with van der Waals surface area (Å²) in [4.78, 5) is 35.2. The van der Waals surface area contributed by atoms with E-state index in [4.69, 9.17) is 5.73 Å². The predicted octanol–water partition coefficient (Wildman–Crippen LogP) is 0.872. The summed E-state index contributed by atoms with van der Waals surface area (Å²) in [6, 6.07) is 5.42. The molecule has 0 fully saturated rings. The van der Waals surface area contributed by atoms with Crippen molar-refractivity contribution in [1.29, 1.82) is 0 Å². The Kier molecular flexibility index (Phi) is 6.59. The van der Waals surface area contributed by atoms with Crippen molar-refractivity contribution in [2.45, 2.75) is 13.3 Å².